The Kier molecular flexibility index (Phi) is 5.53. The minimum absolute atomic E-state index is 0.0254. The topological polar surface area (TPSA) is 68.0 Å². The Morgan fingerprint density at radius 1 is 1.36 bits per heavy atom. The van der Waals surface area contributed by atoms with Gasteiger partial charge in [-0.05, 0) is 45.7 Å². The van der Waals surface area contributed by atoms with Gasteiger partial charge < -0.3 is 5.32 Å². The van der Waals surface area contributed by atoms with Crippen LogP contribution in [-0.2, 0) is 11.3 Å². The average molecular weight is 344 g/mol. The van der Waals surface area contributed by atoms with E-state index in [-0.39, 0.29) is 18.0 Å². The number of amides is 1. The molecule has 3 rings (SSSR count). The van der Waals surface area contributed by atoms with Gasteiger partial charge in [-0.25, -0.2) is 4.68 Å². The van der Waals surface area contributed by atoms with Gasteiger partial charge in [0.2, 0.25) is 5.91 Å². The summed E-state index contributed by atoms with van der Waals surface area (Å²) in [6, 6.07) is 4.23. The zero-order chi connectivity index (χ0) is 17.8. The van der Waals surface area contributed by atoms with Crippen LogP contribution in [0, 0.1) is 0 Å². The van der Waals surface area contributed by atoms with Crippen LogP contribution in [-0.4, -0.2) is 49.0 Å². The molecular formula is C18H28N6O. The summed E-state index contributed by atoms with van der Waals surface area (Å²) in [7, 11) is 0. The lowest BCUT2D eigenvalue weighted by atomic mass is 10.2. The maximum atomic E-state index is 12.8. The van der Waals surface area contributed by atoms with Gasteiger partial charge in [0.05, 0.1) is 24.8 Å². The summed E-state index contributed by atoms with van der Waals surface area (Å²) >= 11 is 0. The molecule has 1 aliphatic heterocycles. The van der Waals surface area contributed by atoms with Crippen molar-refractivity contribution in [2.75, 3.05) is 11.9 Å². The summed E-state index contributed by atoms with van der Waals surface area (Å²) in [5.74, 6) is 0.798. The normalized spacial score (nSPS) is 20.5. The molecule has 0 bridgehead atoms. The highest BCUT2D eigenvalue weighted by Gasteiger charge is 2.32. The number of aromatic nitrogens is 4. The van der Waals surface area contributed by atoms with E-state index in [4.69, 9.17) is 0 Å². The summed E-state index contributed by atoms with van der Waals surface area (Å²) in [6.45, 7) is 7.98. The predicted octanol–water partition coefficient (Wildman–Crippen LogP) is 2.54. The lowest BCUT2D eigenvalue weighted by Gasteiger charge is -2.30. The molecule has 1 saturated heterocycles. The molecule has 0 unspecified atom stereocenters. The van der Waals surface area contributed by atoms with E-state index in [1.165, 1.54) is 0 Å². The van der Waals surface area contributed by atoms with Crippen molar-refractivity contribution < 1.29 is 4.79 Å². The highest BCUT2D eigenvalue weighted by atomic mass is 16.2. The van der Waals surface area contributed by atoms with Crippen LogP contribution in [0.15, 0.2) is 30.7 Å². The summed E-state index contributed by atoms with van der Waals surface area (Å²) < 4.78 is 3.83. The first-order chi connectivity index (χ1) is 12.1. The van der Waals surface area contributed by atoms with Crippen LogP contribution in [0.4, 0.5) is 5.82 Å². The fraction of sp³-hybridized carbons (Fsp3) is 0.611. The highest BCUT2D eigenvalue weighted by molar-refractivity contribution is 5.93. The van der Waals surface area contributed by atoms with Gasteiger partial charge in [-0.15, -0.1) is 0 Å². The number of carbonyl (C=O) groups is 1. The molecule has 0 aromatic carbocycles. The molecule has 7 nitrogen and oxygen atoms in total. The molecule has 1 N–H and O–H groups in total. The fourth-order valence-corrected chi connectivity index (χ4v) is 3.51. The minimum atomic E-state index is -0.177. The molecule has 2 aromatic heterocycles. The molecule has 1 aliphatic rings. The predicted molar refractivity (Wildman–Crippen MR) is 97.3 cm³/mol. The third-order valence-electron chi connectivity index (χ3n) is 5.19. The molecule has 2 aromatic rings. The van der Waals surface area contributed by atoms with Crippen LogP contribution in [0.25, 0.3) is 0 Å². The lowest BCUT2D eigenvalue weighted by molar-refractivity contribution is -0.121. The standard InChI is InChI=1S/C18H28N6O/c1-4-14(2)24-17(8-10-20-24)21-18(25)15(3)23-12-5-7-16(23)13-22-11-6-9-19-22/h6,8-11,14-16H,4-5,7,12-13H2,1-3H3,(H,21,25)/t14-,15-,16+/m0/s1. The second-order valence-electron chi connectivity index (χ2n) is 6.85. The monoisotopic (exact) mass is 344 g/mol. The van der Waals surface area contributed by atoms with Gasteiger partial charge in [-0.1, -0.05) is 6.92 Å². The summed E-state index contributed by atoms with van der Waals surface area (Å²) in [5, 5.41) is 11.7. The number of hydrogen-bond acceptors (Lipinski definition) is 4. The number of rotatable bonds is 7. The third-order valence-corrected chi connectivity index (χ3v) is 5.19. The second kappa shape index (κ2) is 7.82. The maximum Gasteiger partial charge on any atom is 0.242 e. The molecule has 3 atom stereocenters. The fourth-order valence-electron chi connectivity index (χ4n) is 3.51. The molecule has 7 heteroatoms. The van der Waals surface area contributed by atoms with Crippen LogP contribution in [0.3, 0.4) is 0 Å². The van der Waals surface area contributed by atoms with E-state index >= 15 is 0 Å². The molecule has 136 valence electrons. The van der Waals surface area contributed by atoms with Crippen molar-refractivity contribution in [2.24, 2.45) is 0 Å². The molecule has 3 heterocycles. The molecular weight excluding hydrogens is 316 g/mol. The highest BCUT2D eigenvalue weighted by Crippen LogP contribution is 2.23. The van der Waals surface area contributed by atoms with Gasteiger partial charge in [-0.2, -0.15) is 10.2 Å². The summed E-state index contributed by atoms with van der Waals surface area (Å²) in [6.07, 6.45) is 8.70. The van der Waals surface area contributed by atoms with E-state index < -0.39 is 0 Å². The van der Waals surface area contributed by atoms with Crippen LogP contribution in [0.1, 0.15) is 46.1 Å². The Bertz CT molecular complexity index is 680. The Balaban J connectivity index is 1.64. The SMILES string of the molecule is CC[C@H](C)n1nccc1NC(=O)[C@H](C)N1CCC[C@@H]1Cn1cccn1. The van der Waals surface area contributed by atoms with Gasteiger partial charge in [0.15, 0.2) is 0 Å². The van der Waals surface area contributed by atoms with Gasteiger partial charge in [0.1, 0.15) is 5.82 Å². The van der Waals surface area contributed by atoms with Crippen LogP contribution in [0.2, 0.25) is 0 Å². The Labute approximate surface area is 149 Å². The quantitative estimate of drug-likeness (QED) is 0.838. The van der Waals surface area contributed by atoms with E-state index in [1.54, 1.807) is 12.4 Å². The smallest absolute Gasteiger partial charge is 0.242 e. The first-order valence-corrected chi connectivity index (χ1v) is 9.17. The first-order valence-electron chi connectivity index (χ1n) is 9.17. The summed E-state index contributed by atoms with van der Waals surface area (Å²) in [5.41, 5.74) is 0. The molecule has 0 aliphatic carbocycles. The van der Waals surface area contributed by atoms with E-state index in [0.717, 1.165) is 38.2 Å². The lowest BCUT2D eigenvalue weighted by Crippen LogP contribution is -2.46. The first kappa shape index (κ1) is 17.7. The van der Waals surface area contributed by atoms with E-state index in [1.807, 2.05) is 34.6 Å². The molecule has 0 spiro atoms. The summed E-state index contributed by atoms with van der Waals surface area (Å²) in [4.78, 5) is 15.1. The van der Waals surface area contributed by atoms with Gasteiger partial charge in [0.25, 0.3) is 0 Å². The zero-order valence-corrected chi connectivity index (χ0v) is 15.3. The number of carbonyl (C=O) groups excluding carboxylic acids is 1. The van der Waals surface area contributed by atoms with Crippen molar-refractivity contribution in [3.05, 3.63) is 30.7 Å². The Morgan fingerprint density at radius 3 is 2.92 bits per heavy atom. The number of hydrogen-bond donors (Lipinski definition) is 1. The van der Waals surface area contributed by atoms with Crippen molar-refractivity contribution in [3.63, 3.8) is 0 Å². The average Bonchev–Trinajstić information content (AvgIpc) is 3.35. The second-order valence-corrected chi connectivity index (χ2v) is 6.85. The van der Waals surface area contributed by atoms with E-state index in [9.17, 15) is 4.79 Å². The number of anilines is 1. The van der Waals surface area contributed by atoms with Crippen molar-refractivity contribution in [1.82, 2.24) is 24.5 Å². The van der Waals surface area contributed by atoms with Crippen molar-refractivity contribution in [3.8, 4) is 0 Å². The molecule has 0 radical (unpaired) electrons. The number of nitrogens with zero attached hydrogens (tertiary/aromatic N) is 5. The molecule has 1 fully saturated rings. The van der Waals surface area contributed by atoms with Gasteiger partial charge in [-0.3, -0.25) is 14.4 Å². The van der Waals surface area contributed by atoms with E-state index in [2.05, 4.69) is 34.3 Å². The zero-order valence-electron chi connectivity index (χ0n) is 15.3. The molecule has 0 saturated carbocycles. The van der Waals surface area contributed by atoms with Crippen molar-refractivity contribution in [2.45, 2.75) is 64.7 Å². The van der Waals surface area contributed by atoms with Crippen molar-refractivity contribution in [1.29, 1.82) is 0 Å². The van der Waals surface area contributed by atoms with Crippen molar-refractivity contribution >= 4 is 11.7 Å². The molecule has 1 amide bonds. The Morgan fingerprint density at radius 2 is 2.20 bits per heavy atom. The van der Waals surface area contributed by atoms with Crippen LogP contribution >= 0.6 is 0 Å². The van der Waals surface area contributed by atoms with Gasteiger partial charge >= 0.3 is 0 Å². The largest absolute Gasteiger partial charge is 0.310 e. The number of likely N-dealkylation sites (tertiary alicyclic amines) is 1. The van der Waals surface area contributed by atoms with E-state index in [0.29, 0.717) is 6.04 Å². The van der Waals surface area contributed by atoms with Gasteiger partial charge in [0, 0.05) is 24.5 Å². The molecule has 25 heavy (non-hydrogen) atoms. The Hall–Kier alpha value is -2.15. The third kappa shape index (κ3) is 3.92. The number of nitrogens with one attached hydrogen (secondary N) is 1. The maximum absolute atomic E-state index is 12.8. The van der Waals surface area contributed by atoms with Crippen LogP contribution in [0.5, 0.6) is 0 Å². The van der Waals surface area contributed by atoms with Crippen LogP contribution < -0.4 is 5.32 Å². The minimum Gasteiger partial charge on any atom is -0.310 e.